The van der Waals surface area contributed by atoms with Gasteiger partial charge in [0, 0.05) is 13.1 Å². The smallest absolute Gasteiger partial charge is 0.241 e. The molecule has 0 unspecified atom stereocenters. The normalized spacial score (nSPS) is 12.5. The molecule has 0 saturated heterocycles. The molecule has 0 bridgehead atoms. The molecule has 21 heavy (non-hydrogen) atoms. The van der Waals surface area contributed by atoms with Crippen LogP contribution in [-0.4, -0.2) is 38.2 Å². The summed E-state index contributed by atoms with van der Waals surface area (Å²) in [5.74, 6) is 1.19. The molecule has 0 heterocycles. The maximum absolute atomic E-state index is 13.8. The third kappa shape index (κ3) is 5.01. The molecule has 0 aliphatic carbocycles. The molecule has 0 atom stereocenters. The van der Waals surface area contributed by atoms with E-state index in [1.165, 1.54) is 7.11 Å². The molecule has 7 heteroatoms. The molecule has 4 nitrogen and oxygen atoms in total. The van der Waals surface area contributed by atoms with Crippen LogP contribution in [0.25, 0.3) is 0 Å². The van der Waals surface area contributed by atoms with Crippen molar-refractivity contribution in [1.82, 2.24) is 4.31 Å². The summed E-state index contributed by atoms with van der Waals surface area (Å²) < 4.78 is 43.8. The number of benzene rings is 1. The first-order valence-corrected chi connectivity index (χ1v) is 8.13. The lowest BCUT2D eigenvalue weighted by molar-refractivity contribution is 0.267. The summed E-state index contributed by atoms with van der Waals surface area (Å²) >= 11 is -4.14. The van der Waals surface area contributed by atoms with Crippen LogP contribution in [0.2, 0.25) is 0 Å². The van der Waals surface area contributed by atoms with E-state index >= 15 is 0 Å². The SMILES string of the molecule is CCN(CC)S(F)(F)OCCc1ccc(OC)c(OC)c1. The van der Waals surface area contributed by atoms with Gasteiger partial charge in [-0.3, -0.25) is 4.18 Å². The lowest BCUT2D eigenvalue weighted by Crippen LogP contribution is -2.24. The van der Waals surface area contributed by atoms with Crippen molar-refractivity contribution in [3.63, 3.8) is 0 Å². The van der Waals surface area contributed by atoms with Gasteiger partial charge < -0.3 is 9.47 Å². The van der Waals surface area contributed by atoms with Gasteiger partial charge in [0.05, 0.1) is 20.8 Å². The summed E-state index contributed by atoms with van der Waals surface area (Å²) in [6, 6.07) is 5.34. The van der Waals surface area contributed by atoms with Crippen molar-refractivity contribution in [2.75, 3.05) is 33.9 Å². The molecule has 1 aromatic rings. The summed E-state index contributed by atoms with van der Waals surface area (Å²) in [6.07, 6.45) is 0.393. The van der Waals surface area contributed by atoms with Gasteiger partial charge in [-0.25, -0.2) is 0 Å². The quantitative estimate of drug-likeness (QED) is 0.687. The maximum atomic E-state index is 13.8. The third-order valence-corrected chi connectivity index (χ3v) is 4.64. The third-order valence-electron chi connectivity index (χ3n) is 3.07. The van der Waals surface area contributed by atoms with Gasteiger partial charge in [-0.1, -0.05) is 19.9 Å². The van der Waals surface area contributed by atoms with Gasteiger partial charge in [-0.05, 0) is 24.1 Å². The van der Waals surface area contributed by atoms with Crippen molar-refractivity contribution >= 4 is 11.3 Å². The molecule has 0 aromatic heterocycles. The molecule has 0 radical (unpaired) electrons. The Hall–Kier alpha value is -1.05. The number of methoxy groups -OCH3 is 2. The number of ether oxygens (including phenoxy) is 2. The molecular formula is C14H23F2NO3S. The summed E-state index contributed by atoms with van der Waals surface area (Å²) in [4.78, 5) is 0. The Balaban J connectivity index is 2.60. The average molecular weight is 323 g/mol. The number of rotatable bonds is 9. The number of hydrogen-bond donors (Lipinski definition) is 0. The van der Waals surface area contributed by atoms with E-state index in [4.69, 9.17) is 13.7 Å². The van der Waals surface area contributed by atoms with Crippen molar-refractivity contribution in [3.8, 4) is 11.5 Å². The van der Waals surface area contributed by atoms with E-state index in [2.05, 4.69) is 0 Å². The minimum atomic E-state index is -4.14. The van der Waals surface area contributed by atoms with Gasteiger partial charge in [0.15, 0.2) is 11.5 Å². The lowest BCUT2D eigenvalue weighted by Gasteiger charge is -2.31. The van der Waals surface area contributed by atoms with Crippen LogP contribution in [0.1, 0.15) is 19.4 Å². The van der Waals surface area contributed by atoms with E-state index in [-0.39, 0.29) is 19.7 Å². The number of halogens is 2. The molecule has 0 spiro atoms. The highest BCUT2D eigenvalue weighted by Crippen LogP contribution is 2.55. The average Bonchev–Trinajstić information content (AvgIpc) is 2.47. The number of nitrogens with zero attached hydrogens (tertiary/aromatic N) is 1. The van der Waals surface area contributed by atoms with Gasteiger partial charge in [-0.15, -0.1) is 7.77 Å². The Labute approximate surface area is 127 Å². The predicted molar refractivity (Wildman–Crippen MR) is 81.9 cm³/mol. The Morgan fingerprint density at radius 3 is 2.19 bits per heavy atom. The largest absolute Gasteiger partial charge is 0.493 e. The second-order valence-electron chi connectivity index (χ2n) is 4.27. The van der Waals surface area contributed by atoms with Gasteiger partial charge in [-0.2, -0.15) is 4.31 Å². The summed E-state index contributed by atoms with van der Waals surface area (Å²) in [5.41, 5.74) is 0.863. The second kappa shape index (κ2) is 8.41. The topological polar surface area (TPSA) is 30.9 Å². The summed E-state index contributed by atoms with van der Waals surface area (Å²) in [7, 11) is 3.09. The Morgan fingerprint density at radius 2 is 1.67 bits per heavy atom. The van der Waals surface area contributed by atoms with Gasteiger partial charge in [0.1, 0.15) is 0 Å². The first-order chi connectivity index (χ1) is 9.98. The first-order valence-electron chi connectivity index (χ1n) is 6.81. The van der Waals surface area contributed by atoms with Crippen LogP contribution in [0.4, 0.5) is 7.77 Å². The van der Waals surface area contributed by atoms with Crippen LogP contribution >= 0.6 is 11.3 Å². The van der Waals surface area contributed by atoms with E-state index in [1.54, 1.807) is 33.1 Å². The molecule has 0 amide bonds. The predicted octanol–water partition coefficient (Wildman–Crippen LogP) is 4.01. The summed E-state index contributed by atoms with van der Waals surface area (Å²) in [5, 5.41) is 0. The Morgan fingerprint density at radius 1 is 1.05 bits per heavy atom. The van der Waals surface area contributed by atoms with Crippen molar-refractivity contribution in [3.05, 3.63) is 23.8 Å². The monoisotopic (exact) mass is 323 g/mol. The van der Waals surface area contributed by atoms with Crippen LogP contribution in [0.15, 0.2) is 18.2 Å². The van der Waals surface area contributed by atoms with E-state index in [0.29, 0.717) is 17.9 Å². The lowest BCUT2D eigenvalue weighted by atomic mass is 10.1. The minimum absolute atomic E-state index is 0.0334. The van der Waals surface area contributed by atoms with E-state index in [9.17, 15) is 7.77 Å². The number of hydrogen-bond acceptors (Lipinski definition) is 4. The van der Waals surface area contributed by atoms with Gasteiger partial charge in [0.25, 0.3) is 0 Å². The fourth-order valence-corrected chi connectivity index (χ4v) is 2.93. The van der Waals surface area contributed by atoms with Crippen molar-refractivity contribution in [2.45, 2.75) is 20.3 Å². The van der Waals surface area contributed by atoms with Crippen LogP contribution in [0.3, 0.4) is 0 Å². The van der Waals surface area contributed by atoms with Crippen LogP contribution in [0, 0.1) is 0 Å². The zero-order valence-corrected chi connectivity index (χ0v) is 13.7. The Kier molecular flexibility index (Phi) is 7.21. The second-order valence-corrected chi connectivity index (χ2v) is 5.82. The van der Waals surface area contributed by atoms with Crippen molar-refractivity contribution < 1.29 is 21.4 Å². The molecule has 1 aromatic carbocycles. The van der Waals surface area contributed by atoms with E-state index in [0.717, 1.165) is 9.87 Å². The zero-order chi connectivity index (χ0) is 15.9. The van der Waals surface area contributed by atoms with E-state index in [1.807, 2.05) is 6.07 Å². The molecular weight excluding hydrogens is 300 g/mol. The van der Waals surface area contributed by atoms with Crippen LogP contribution in [-0.2, 0) is 10.6 Å². The molecule has 0 saturated carbocycles. The highest BCUT2D eigenvalue weighted by Gasteiger charge is 2.30. The first kappa shape index (κ1) is 18.0. The van der Waals surface area contributed by atoms with Gasteiger partial charge >= 0.3 is 0 Å². The summed E-state index contributed by atoms with van der Waals surface area (Å²) in [6.45, 7) is 3.91. The van der Waals surface area contributed by atoms with Crippen molar-refractivity contribution in [1.29, 1.82) is 0 Å². The molecule has 0 aliphatic heterocycles. The fraction of sp³-hybridized carbons (Fsp3) is 0.571. The molecule has 0 N–H and O–H groups in total. The van der Waals surface area contributed by atoms with Crippen LogP contribution < -0.4 is 9.47 Å². The fourth-order valence-electron chi connectivity index (χ4n) is 1.89. The highest BCUT2D eigenvalue weighted by atomic mass is 32.3. The minimum Gasteiger partial charge on any atom is -0.493 e. The molecule has 122 valence electrons. The zero-order valence-electron chi connectivity index (χ0n) is 12.9. The Bertz CT molecular complexity index is 442. The van der Waals surface area contributed by atoms with Crippen molar-refractivity contribution in [2.24, 2.45) is 0 Å². The highest BCUT2D eigenvalue weighted by molar-refractivity contribution is 8.19. The van der Waals surface area contributed by atoms with Gasteiger partial charge in [0.2, 0.25) is 11.3 Å². The van der Waals surface area contributed by atoms with E-state index < -0.39 is 11.3 Å². The molecule has 1 rings (SSSR count). The standard InChI is InChI=1S/C14H23F2NO3S/c1-5-17(6-2)21(15,16)20-10-9-12-7-8-13(18-3)14(11-12)19-4/h7-8,11H,5-6,9-10H2,1-4H3. The molecule has 0 fully saturated rings. The maximum Gasteiger partial charge on any atom is 0.241 e. The molecule has 0 aliphatic rings. The van der Waals surface area contributed by atoms with Crippen LogP contribution in [0.5, 0.6) is 11.5 Å².